The first-order valence-electron chi connectivity index (χ1n) is 7.18. The molecule has 1 unspecified atom stereocenters. The fourth-order valence-corrected chi connectivity index (χ4v) is 2.54. The van der Waals surface area contributed by atoms with E-state index in [4.69, 9.17) is 4.74 Å². The summed E-state index contributed by atoms with van der Waals surface area (Å²) in [6.07, 6.45) is 2.12. The first-order chi connectivity index (χ1) is 9.36. The van der Waals surface area contributed by atoms with Crippen LogP contribution < -0.4 is 5.32 Å². The van der Waals surface area contributed by atoms with Crippen molar-refractivity contribution in [2.45, 2.75) is 44.7 Å². The number of likely N-dealkylation sites (tertiary alicyclic amines) is 1. The quantitative estimate of drug-likeness (QED) is 0.785. The SMILES string of the molecule is CCC(C)NC1(C(=O)OC)CCN(C(=O)N(C)C)CC1. The number of rotatable bonds is 4. The van der Waals surface area contributed by atoms with Crippen LogP contribution in [0.25, 0.3) is 0 Å². The summed E-state index contributed by atoms with van der Waals surface area (Å²) in [6, 6.07) is 0.234. The number of hydrogen-bond donors (Lipinski definition) is 1. The van der Waals surface area contributed by atoms with Crippen LogP contribution in [0.1, 0.15) is 33.1 Å². The van der Waals surface area contributed by atoms with Crippen LogP contribution in [0.5, 0.6) is 0 Å². The summed E-state index contributed by atoms with van der Waals surface area (Å²) in [5.41, 5.74) is -0.659. The number of ether oxygens (including phenoxy) is 1. The Morgan fingerprint density at radius 2 is 1.90 bits per heavy atom. The van der Waals surface area contributed by atoms with Gasteiger partial charge in [-0.25, -0.2) is 4.79 Å². The second kappa shape index (κ2) is 6.92. The minimum atomic E-state index is -0.659. The number of carbonyl (C=O) groups excluding carboxylic acids is 2. The fraction of sp³-hybridized carbons (Fsp3) is 0.857. The van der Waals surface area contributed by atoms with Crippen molar-refractivity contribution in [2.75, 3.05) is 34.3 Å². The van der Waals surface area contributed by atoms with Crippen molar-refractivity contribution in [1.29, 1.82) is 0 Å². The van der Waals surface area contributed by atoms with Gasteiger partial charge in [0.2, 0.25) is 0 Å². The number of amides is 2. The smallest absolute Gasteiger partial charge is 0.326 e. The molecule has 20 heavy (non-hydrogen) atoms. The van der Waals surface area contributed by atoms with E-state index < -0.39 is 5.54 Å². The maximum atomic E-state index is 12.2. The molecular formula is C14H27N3O3. The highest BCUT2D eigenvalue weighted by Crippen LogP contribution is 2.25. The van der Waals surface area contributed by atoms with Crippen LogP contribution in [0.4, 0.5) is 4.79 Å². The zero-order valence-electron chi connectivity index (χ0n) is 13.2. The molecule has 1 fully saturated rings. The molecule has 0 spiro atoms. The van der Waals surface area contributed by atoms with Crippen LogP contribution in [-0.4, -0.2) is 67.7 Å². The van der Waals surface area contributed by atoms with Gasteiger partial charge in [-0.1, -0.05) is 6.92 Å². The highest BCUT2D eigenvalue weighted by atomic mass is 16.5. The molecule has 0 aromatic rings. The molecule has 0 radical (unpaired) electrons. The summed E-state index contributed by atoms with van der Waals surface area (Å²) in [5.74, 6) is -0.227. The third-order valence-electron chi connectivity index (χ3n) is 3.98. The van der Waals surface area contributed by atoms with Crippen molar-refractivity contribution in [3.63, 3.8) is 0 Å². The lowest BCUT2D eigenvalue weighted by Gasteiger charge is -2.42. The Morgan fingerprint density at radius 1 is 1.35 bits per heavy atom. The highest BCUT2D eigenvalue weighted by molar-refractivity contribution is 5.82. The van der Waals surface area contributed by atoms with E-state index in [-0.39, 0.29) is 18.0 Å². The first kappa shape index (κ1) is 16.8. The standard InChI is InChI=1S/C14H27N3O3/c1-6-11(2)15-14(12(18)20-5)7-9-17(10-8-14)13(19)16(3)4/h11,15H,6-10H2,1-5H3. The van der Waals surface area contributed by atoms with E-state index in [1.165, 1.54) is 7.11 Å². The second-order valence-electron chi connectivity index (χ2n) is 5.69. The molecule has 1 aliphatic heterocycles. The predicted octanol–water partition coefficient (Wildman–Crippen LogP) is 1.06. The van der Waals surface area contributed by atoms with Crippen LogP contribution in [0.15, 0.2) is 0 Å². The zero-order valence-corrected chi connectivity index (χ0v) is 13.2. The normalized spacial score (nSPS) is 19.4. The highest BCUT2D eigenvalue weighted by Gasteiger charge is 2.43. The number of nitrogens with one attached hydrogen (secondary N) is 1. The molecule has 1 saturated heterocycles. The van der Waals surface area contributed by atoms with E-state index >= 15 is 0 Å². The van der Waals surface area contributed by atoms with Gasteiger partial charge in [-0.2, -0.15) is 0 Å². The van der Waals surface area contributed by atoms with Gasteiger partial charge in [-0.05, 0) is 26.2 Å². The number of nitrogens with zero attached hydrogens (tertiary/aromatic N) is 2. The Labute approximate surface area is 121 Å². The summed E-state index contributed by atoms with van der Waals surface area (Å²) in [4.78, 5) is 27.4. The van der Waals surface area contributed by atoms with Gasteiger partial charge in [0, 0.05) is 33.2 Å². The molecule has 116 valence electrons. The maximum absolute atomic E-state index is 12.2. The molecule has 0 saturated carbocycles. The van der Waals surface area contributed by atoms with Crippen LogP contribution in [-0.2, 0) is 9.53 Å². The Bertz CT molecular complexity index is 350. The average Bonchev–Trinajstić information content (AvgIpc) is 2.45. The van der Waals surface area contributed by atoms with Crippen LogP contribution >= 0.6 is 0 Å². The van der Waals surface area contributed by atoms with Crippen molar-refractivity contribution < 1.29 is 14.3 Å². The summed E-state index contributed by atoms with van der Waals surface area (Å²) in [6.45, 7) is 5.26. The topological polar surface area (TPSA) is 61.9 Å². The average molecular weight is 285 g/mol. The Balaban J connectivity index is 2.76. The Hall–Kier alpha value is -1.30. The largest absolute Gasteiger partial charge is 0.468 e. The van der Waals surface area contributed by atoms with Gasteiger partial charge in [0.05, 0.1) is 7.11 Å². The molecular weight excluding hydrogens is 258 g/mol. The first-order valence-corrected chi connectivity index (χ1v) is 7.18. The van der Waals surface area contributed by atoms with Gasteiger partial charge < -0.3 is 14.5 Å². The van der Waals surface area contributed by atoms with E-state index in [1.54, 1.807) is 23.9 Å². The number of esters is 1. The zero-order chi connectivity index (χ0) is 15.3. The lowest BCUT2D eigenvalue weighted by atomic mass is 9.86. The maximum Gasteiger partial charge on any atom is 0.326 e. The van der Waals surface area contributed by atoms with Crippen molar-refractivity contribution in [3.8, 4) is 0 Å². The molecule has 1 rings (SSSR count). The van der Waals surface area contributed by atoms with Gasteiger partial charge in [-0.15, -0.1) is 0 Å². The lowest BCUT2D eigenvalue weighted by Crippen LogP contribution is -2.62. The summed E-state index contributed by atoms with van der Waals surface area (Å²) >= 11 is 0. The van der Waals surface area contributed by atoms with Crippen LogP contribution in [0.2, 0.25) is 0 Å². The van der Waals surface area contributed by atoms with Gasteiger partial charge in [0.15, 0.2) is 0 Å². The minimum absolute atomic E-state index is 0.00740. The van der Waals surface area contributed by atoms with E-state index in [9.17, 15) is 9.59 Å². The molecule has 1 N–H and O–H groups in total. The third kappa shape index (κ3) is 3.62. The molecule has 6 nitrogen and oxygen atoms in total. The third-order valence-corrected chi connectivity index (χ3v) is 3.98. The predicted molar refractivity (Wildman–Crippen MR) is 77.5 cm³/mol. The molecule has 1 aliphatic rings. The minimum Gasteiger partial charge on any atom is -0.468 e. The van der Waals surface area contributed by atoms with Crippen LogP contribution in [0.3, 0.4) is 0 Å². The molecule has 1 atom stereocenters. The fourth-order valence-electron chi connectivity index (χ4n) is 2.54. The summed E-state index contributed by atoms with van der Waals surface area (Å²) in [7, 11) is 4.89. The second-order valence-corrected chi connectivity index (χ2v) is 5.69. The number of piperidine rings is 1. The number of urea groups is 1. The van der Waals surface area contributed by atoms with Crippen molar-refractivity contribution in [2.24, 2.45) is 0 Å². The monoisotopic (exact) mass is 285 g/mol. The van der Waals surface area contributed by atoms with E-state index in [1.807, 2.05) is 0 Å². The molecule has 1 heterocycles. The lowest BCUT2D eigenvalue weighted by molar-refractivity contribution is -0.151. The van der Waals surface area contributed by atoms with Gasteiger partial charge in [-0.3, -0.25) is 10.1 Å². The van der Waals surface area contributed by atoms with Gasteiger partial charge >= 0.3 is 12.0 Å². The Morgan fingerprint density at radius 3 is 2.30 bits per heavy atom. The summed E-state index contributed by atoms with van der Waals surface area (Å²) < 4.78 is 4.97. The number of carbonyl (C=O) groups is 2. The Kier molecular flexibility index (Phi) is 5.80. The van der Waals surface area contributed by atoms with E-state index in [2.05, 4.69) is 19.2 Å². The van der Waals surface area contributed by atoms with E-state index in [0.29, 0.717) is 25.9 Å². The molecule has 2 amide bonds. The van der Waals surface area contributed by atoms with Crippen molar-refractivity contribution in [1.82, 2.24) is 15.1 Å². The molecule has 0 aromatic carbocycles. The van der Waals surface area contributed by atoms with E-state index in [0.717, 1.165) is 6.42 Å². The van der Waals surface area contributed by atoms with Gasteiger partial charge in [0.25, 0.3) is 0 Å². The summed E-state index contributed by atoms with van der Waals surface area (Å²) in [5, 5.41) is 3.40. The molecule has 0 aromatic heterocycles. The molecule has 0 bridgehead atoms. The number of hydrogen-bond acceptors (Lipinski definition) is 4. The van der Waals surface area contributed by atoms with Crippen LogP contribution in [0, 0.1) is 0 Å². The molecule has 0 aliphatic carbocycles. The molecule has 6 heteroatoms. The van der Waals surface area contributed by atoms with Gasteiger partial charge in [0.1, 0.15) is 5.54 Å². The van der Waals surface area contributed by atoms with Crippen molar-refractivity contribution >= 4 is 12.0 Å². The number of methoxy groups -OCH3 is 1. The van der Waals surface area contributed by atoms with Crippen molar-refractivity contribution in [3.05, 3.63) is 0 Å².